The highest BCUT2D eigenvalue weighted by molar-refractivity contribution is 5.95. The van der Waals surface area contributed by atoms with Gasteiger partial charge in [0.2, 0.25) is 0 Å². The normalized spacial score (nSPS) is 14.6. The average molecular weight is 448 g/mol. The van der Waals surface area contributed by atoms with E-state index in [1.807, 2.05) is 30.3 Å². The maximum Gasteiger partial charge on any atom is 0.338 e. The van der Waals surface area contributed by atoms with Gasteiger partial charge in [0.1, 0.15) is 5.82 Å². The Morgan fingerprint density at radius 1 is 1.09 bits per heavy atom. The summed E-state index contributed by atoms with van der Waals surface area (Å²) in [4.78, 5) is 42.6. The molecule has 1 unspecified atom stereocenters. The molecule has 1 atom stereocenters. The summed E-state index contributed by atoms with van der Waals surface area (Å²) in [6, 6.07) is 14.6. The lowest BCUT2D eigenvalue weighted by atomic mass is 10.1. The molecule has 2 aromatic carbocycles. The largest absolute Gasteiger partial charge is 0.449 e. The van der Waals surface area contributed by atoms with Crippen LogP contribution >= 0.6 is 0 Å². The number of fused-ring (bicyclic) bond motifs is 2. The molecule has 0 saturated heterocycles. The minimum absolute atomic E-state index is 0.0667. The van der Waals surface area contributed by atoms with Crippen LogP contribution in [0.4, 0.5) is 0 Å². The van der Waals surface area contributed by atoms with Crippen molar-refractivity contribution in [2.24, 2.45) is 0 Å². The van der Waals surface area contributed by atoms with E-state index in [0.29, 0.717) is 30.4 Å². The Bertz CT molecular complexity index is 1200. The van der Waals surface area contributed by atoms with Crippen molar-refractivity contribution < 1.29 is 14.3 Å². The number of ether oxygens (including phenoxy) is 1. The van der Waals surface area contributed by atoms with E-state index < -0.39 is 12.1 Å². The highest BCUT2D eigenvalue weighted by atomic mass is 16.5. The zero-order valence-electron chi connectivity index (χ0n) is 18.9. The van der Waals surface area contributed by atoms with E-state index in [-0.39, 0.29) is 17.0 Å². The molecule has 3 aromatic rings. The van der Waals surface area contributed by atoms with E-state index in [1.54, 1.807) is 29.7 Å². The van der Waals surface area contributed by atoms with Crippen LogP contribution in [0.3, 0.4) is 0 Å². The summed E-state index contributed by atoms with van der Waals surface area (Å²) in [6.07, 6.45) is 4.73. The smallest absolute Gasteiger partial charge is 0.338 e. The number of amides is 1. The highest BCUT2D eigenvalue weighted by Gasteiger charge is 2.20. The Hall–Kier alpha value is -3.48. The van der Waals surface area contributed by atoms with Crippen LogP contribution in [-0.4, -0.2) is 34.1 Å². The van der Waals surface area contributed by atoms with E-state index in [0.717, 1.165) is 43.5 Å². The van der Waals surface area contributed by atoms with Crippen molar-refractivity contribution in [1.82, 2.24) is 14.9 Å². The molecule has 4 rings (SSSR count). The molecule has 1 amide bonds. The molecule has 0 fully saturated rings. The van der Waals surface area contributed by atoms with Gasteiger partial charge in [0.25, 0.3) is 11.5 Å². The van der Waals surface area contributed by atoms with Crippen LogP contribution in [0.25, 0.3) is 10.9 Å². The Morgan fingerprint density at radius 2 is 1.88 bits per heavy atom. The van der Waals surface area contributed by atoms with Gasteiger partial charge in [0.05, 0.1) is 16.5 Å². The summed E-state index contributed by atoms with van der Waals surface area (Å²) in [5, 5.41) is 3.29. The molecule has 7 nitrogen and oxygen atoms in total. The number of nitrogens with one attached hydrogen (secondary N) is 1. The number of aryl methyl sites for hydroxylation is 1. The van der Waals surface area contributed by atoms with Crippen LogP contribution in [-0.2, 0) is 28.9 Å². The fraction of sp³-hybridized carbons (Fsp3) is 0.385. The first kappa shape index (κ1) is 22.7. The number of aromatic nitrogens is 2. The predicted molar refractivity (Wildman–Crippen MR) is 126 cm³/mol. The van der Waals surface area contributed by atoms with Gasteiger partial charge in [-0.1, -0.05) is 43.2 Å². The van der Waals surface area contributed by atoms with Crippen LogP contribution in [0.2, 0.25) is 0 Å². The molecule has 2 heterocycles. The number of benzene rings is 2. The van der Waals surface area contributed by atoms with E-state index in [9.17, 15) is 14.4 Å². The molecule has 33 heavy (non-hydrogen) atoms. The molecule has 1 aliphatic heterocycles. The van der Waals surface area contributed by atoms with Gasteiger partial charge in [-0.25, -0.2) is 9.78 Å². The maximum atomic E-state index is 12.9. The van der Waals surface area contributed by atoms with Crippen molar-refractivity contribution in [1.29, 1.82) is 0 Å². The zero-order valence-corrected chi connectivity index (χ0v) is 18.9. The van der Waals surface area contributed by atoms with Crippen molar-refractivity contribution in [3.8, 4) is 0 Å². The van der Waals surface area contributed by atoms with Crippen LogP contribution < -0.4 is 10.9 Å². The number of esters is 1. The minimum atomic E-state index is -0.932. The molecule has 0 radical (unpaired) electrons. The van der Waals surface area contributed by atoms with Crippen molar-refractivity contribution in [2.75, 3.05) is 6.54 Å². The molecule has 0 spiro atoms. The van der Waals surface area contributed by atoms with Gasteiger partial charge in [-0.05, 0) is 49.9 Å². The van der Waals surface area contributed by atoms with E-state index in [4.69, 9.17) is 4.74 Å². The molecule has 0 aliphatic carbocycles. The van der Waals surface area contributed by atoms with Gasteiger partial charge in [-0.15, -0.1) is 0 Å². The Kier molecular flexibility index (Phi) is 7.17. The fourth-order valence-corrected chi connectivity index (χ4v) is 4.12. The second-order valence-electron chi connectivity index (χ2n) is 8.46. The lowest BCUT2D eigenvalue weighted by molar-refractivity contribution is -0.129. The van der Waals surface area contributed by atoms with Gasteiger partial charge in [-0.3, -0.25) is 14.2 Å². The second-order valence-corrected chi connectivity index (χ2v) is 8.46. The Balaban J connectivity index is 1.42. The number of hydrogen-bond donors (Lipinski definition) is 1. The second kappa shape index (κ2) is 10.4. The first-order valence-electron chi connectivity index (χ1n) is 11.6. The SMILES string of the molecule is CC(OC(=O)c1ccc2c(=O)n3c(nc2c1)CCCCCC3)C(=O)NCCc1ccccc1. The van der Waals surface area contributed by atoms with Crippen molar-refractivity contribution in [2.45, 2.75) is 58.1 Å². The Labute approximate surface area is 192 Å². The van der Waals surface area contributed by atoms with Crippen LogP contribution in [0.1, 0.15) is 54.4 Å². The van der Waals surface area contributed by atoms with E-state index in [1.165, 1.54) is 0 Å². The summed E-state index contributed by atoms with van der Waals surface area (Å²) in [6.45, 7) is 2.68. The van der Waals surface area contributed by atoms with Crippen LogP contribution in [0.15, 0.2) is 53.3 Å². The summed E-state index contributed by atoms with van der Waals surface area (Å²) < 4.78 is 7.13. The first-order chi connectivity index (χ1) is 16.0. The lowest BCUT2D eigenvalue weighted by Gasteiger charge is -2.17. The summed E-state index contributed by atoms with van der Waals surface area (Å²) in [7, 11) is 0. The maximum absolute atomic E-state index is 12.9. The molecule has 1 aromatic heterocycles. The molecular formula is C26H29N3O4. The molecular weight excluding hydrogens is 418 g/mol. The van der Waals surface area contributed by atoms with E-state index in [2.05, 4.69) is 10.3 Å². The molecule has 172 valence electrons. The standard InChI is InChI=1S/C26H29N3O4/c1-18(24(30)27-15-14-19-9-5-4-6-10-19)33-26(32)20-12-13-21-22(17-20)28-23-11-7-2-3-8-16-29(23)25(21)31/h4-6,9-10,12-13,17-18H,2-3,7-8,11,14-16H2,1H3,(H,27,30). The number of carbonyl (C=O) groups excluding carboxylic acids is 2. The average Bonchev–Trinajstić information content (AvgIpc) is 2.80. The molecule has 7 heteroatoms. The van der Waals surface area contributed by atoms with Crippen LogP contribution in [0, 0.1) is 0 Å². The lowest BCUT2D eigenvalue weighted by Crippen LogP contribution is -2.36. The van der Waals surface area contributed by atoms with Crippen molar-refractivity contribution in [3.05, 3.63) is 75.8 Å². The first-order valence-corrected chi connectivity index (χ1v) is 11.6. The molecule has 1 N–H and O–H groups in total. The summed E-state index contributed by atoms with van der Waals surface area (Å²) in [5.74, 6) is -0.196. The summed E-state index contributed by atoms with van der Waals surface area (Å²) >= 11 is 0. The van der Waals surface area contributed by atoms with Gasteiger partial charge < -0.3 is 10.1 Å². The molecule has 0 bridgehead atoms. The van der Waals surface area contributed by atoms with Gasteiger partial charge in [-0.2, -0.15) is 0 Å². The van der Waals surface area contributed by atoms with Gasteiger partial charge in [0.15, 0.2) is 6.10 Å². The fourth-order valence-electron chi connectivity index (χ4n) is 4.12. The minimum Gasteiger partial charge on any atom is -0.449 e. The predicted octanol–water partition coefficient (Wildman–Crippen LogP) is 3.42. The third-order valence-electron chi connectivity index (χ3n) is 6.01. The van der Waals surface area contributed by atoms with Crippen molar-refractivity contribution >= 4 is 22.8 Å². The number of carbonyl (C=O) groups is 2. The zero-order chi connectivity index (χ0) is 23.2. The Morgan fingerprint density at radius 3 is 2.70 bits per heavy atom. The van der Waals surface area contributed by atoms with Gasteiger partial charge in [0, 0.05) is 19.5 Å². The third kappa shape index (κ3) is 5.48. The van der Waals surface area contributed by atoms with Crippen molar-refractivity contribution in [3.63, 3.8) is 0 Å². The van der Waals surface area contributed by atoms with Crippen LogP contribution in [0.5, 0.6) is 0 Å². The number of hydrogen-bond acceptors (Lipinski definition) is 5. The monoisotopic (exact) mass is 447 g/mol. The number of rotatable bonds is 6. The molecule has 1 aliphatic rings. The third-order valence-corrected chi connectivity index (χ3v) is 6.01. The van der Waals surface area contributed by atoms with Gasteiger partial charge >= 0.3 is 5.97 Å². The molecule has 0 saturated carbocycles. The summed E-state index contributed by atoms with van der Waals surface area (Å²) in [5.41, 5.74) is 1.81. The number of nitrogens with zero attached hydrogens (tertiary/aromatic N) is 2. The van der Waals surface area contributed by atoms with E-state index >= 15 is 0 Å². The highest BCUT2D eigenvalue weighted by Crippen LogP contribution is 2.17. The topological polar surface area (TPSA) is 90.3 Å². The quantitative estimate of drug-likeness (QED) is 0.585.